The summed E-state index contributed by atoms with van der Waals surface area (Å²) in [5.74, 6) is 0.351. The normalized spacial score (nSPS) is 11.7. The number of hydrogen-bond donors (Lipinski definition) is 2. The second kappa shape index (κ2) is 10.7. The standard InChI is InChI=1S/C27H31ClN2O4S/c1-18-10-11-19(2)23(16-18)30-35(32,33)25-17-20(12-13-22(25)28)26(31)29-14-15-34-24-9-7-6-8-21(24)27(3,4)5/h6-13,16-17,30H,14-15H2,1-5H3,(H,29,31). The van der Waals surface area contributed by atoms with E-state index in [4.69, 9.17) is 16.3 Å². The van der Waals surface area contributed by atoms with E-state index in [-0.39, 0.29) is 34.0 Å². The van der Waals surface area contributed by atoms with Crippen LogP contribution in [-0.2, 0) is 15.4 Å². The quantitative estimate of drug-likeness (QED) is 0.368. The number of carbonyl (C=O) groups excluding carboxylic acids is 1. The van der Waals surface area contributed by atoms with Crippen molar-refractivity contribution >= 4 is 33.2 Å². The highest BCUT2D eigenvalue weighted by atomic mass is 35.5. The van der Waals surface area contributed by atoms with Gasteiger partial charge in [-0.1, -0.05) is 62.7 Å². The Morgan fingerprint density at radius 1 is 1.00 bits per heavy atom. The third kappa shape index (κ3) is 6.77. The first kappa shape index (κ1) is 26.6. The minimum Gasteiger partial charge on any atom is -0.491 e. The van der Waals surface area contributed by atoms with Crippen LogP contribution in [0.5, 0.6) is 5.75 Å². The Hall–Kier alpha value is -3.03. The van der Waals surface area contributed by atoms with Gasteiger partial charge >= 0.3 is 0 Å². The molecule has 8 heteroatoms. The zero-order valence-electron chi connectivity index (χ0n) is 20.6. The molecule has 2 N–H and O–H groups in total. The van der Waals surface area contributed by atoms with Crippen molar-refractivity contribution in [3.8, 4) is 5.75 Å². The highest BCUT2D eigenvalue weighted by Gasteiger charge is 2.22. The first-order valence-electron chi connectivity index (χ1n) is 11.3. The van der Waals surface area contributed by atoms with Gasteiger partial charge in [0.1, 0.15) is 17.3 Å². The molecule has 3 aromatic carbocycles. The van der Waals surface area contributed by atoms with E-state index in [0.717, 1.165) is 22.4 Å². The molecule has 0 saturated carbocycles. The average molecular weight is 515 g/mol. The fourth-order valence-electron chi connectivity index (χ4n) is 3.54. The van der Waals surface area contributed by atoms with Crippen LogP contribution in [0.25, 0.3) is 0 Å². The van der Waals surface area contributed by atoms with Crippen molar-refractivity contribution in [2.75, 3.05) is 17.9 Å². The molecule has 6 nitrogen and oxygen atoms in total. The summed E-state index contributed by atoms with van der Waals surface area (Å²) in [6, 6.07) is 17.5. The van der Waals surface area contributed by atoms with E-state index in [1.165, 1.54) is 18.2 Å². The van der Waals surface area contributed by atoms with Gasteiger partial charge < -0.3 is 10.1 Å². The molecule has 35 heavy (non-hydrogen) atoms. The van der Waals surface area contributed by atoms with Crippen molar-refractivity contribution in [1.29, 1.82) is 0 Å². The van der Waals surface area contributed by atoms with Gasteiger partial charge in [0.15, 0.2) is 0 Å². The minimum atomic E-state index is -4.01. The summed E-state index contributed by atoms with van der Waals surface area (Å²) in [5.41, 5.74) is 3.34. The van der Waals surface area contributed by atoms with E-state index in [2.05, 4.69) is 30.8 Å². The molecule has 3 aromatic rings. The van der Waals surface area contributed by atoms with Gasteiger partial charge in [0, 0.05) is 5.56 Å². The molecular weight excluding hydrogens is 484 g/mol. The minimum absolute atomic E-state index is 0.0291. The van der Waals surface area contributed by atoms with Gasteiger partial charge in [0.25, 0.3) is 15.9 Å². The zero-order chi connectivity index (χ0) is 25.8. The van der Waals surface area contributed by atoms with Gasteiger partial charge in [0.2, 0.25) is 0 Å². The summed E-state index contributed by atoms with van der Waals surface area (Å²) < 4.78 is 34.6. The Balaban J connectivity index is 1.68. The highest BCUT2D eigenvalue weighted by molar-refractivity contribution is 7.92. The summed E-state index contributed by atoms with van der Waals surface area (Å²) in [6.45, 7) is 10.5. The van der Waals surface area contributed by atoms with Crippen LogP contribution in [-0.4, -0.2) is 27.5 Å². The second-order valence-electron chi connectivity index (χ2n) is 9.42. The Morgan fingerprint density at radius 2 is 1.71 bits per heavy atom. The maximum absolute atomic E-state index is 13.0. The van der Waals surface area contributed by atoms with Crippen LogP contribution in [0.1, 0.15) is 47.8 Å². The Morgan fingerprint density at radius 3 is 2.43 bits per heavy atom. The summed E-state index contributed by atoms with van der Waals surface area (Å²) in [5, 5.41) is 2.80. The lowest BCUT2D eigenvalue weighted by molar-refractivity contribution is 0.0946. The van der Waals surface area contributed by atoms with E-state index < -0.39 is 15.9 Å². The number of rotatable bonds is 8. The number of halogens is 1. The van der Waals surface area contributed by atoms with Gasteiger partial charge in [-0.3, -0.25) is 9.52 Å². The fraction of sp³-hybridized carbons (Fsp3) is 0.296. The number of aryl methyl sites for hydroxylation is 2. The highest BCUT2D eigenvalue weighted by Crippen LogP contribution is 2.31. The monoisotopic (exact) mass is 514 g/mol. The maximum atomic E-state index is 13.0. The second-order valence-corrected chi connectivity index (χ2v) is 11.5. The van der Waals surface area contributed by atoms with Crippen LogP contribution in [0.2, 0.25) is 5.02 Å². The van der Waals surface area contributed by atoms with Crippen molar-refractivity contribution in [3.63, 3.8) is 0 Å². The zero-order valence-corrected chi connectivity index (χ0v) is 22.2. The van der Waals surface area contributed by atoms with Crippen LogP contribution in [0.3, 0.4) is 0 Å². The third-order valence-corrected chi connectivity index (χ3v) is 7.31. The number of sulfonamides is 1. The van der Waals surface area contributed by atoms with Crippen LogP contribution < -0.4 is 14.8 Å². The Bertz CT molecular complexity index is 1330. The maximum Gasteiger partial charge on any atom is 0.263 e. The van der Waals surface area contributed by atoms with E-state index in [0.29, 0.717) is 5.69 Å². The number of benzene rings is 3. The molecule has 1 amide bonds. The molecule has 0 saturated heterocycles. The van der Waals surface area contributed by atoms with Crippen LogP contribution in [0.15, 0.2) is 65.6 Å². The van der Waals surface area contributed by atoms with Crippen molar-refractivity contribution in [1.82, 2.24) is 5.32 Å². The topological polar surface area (TPSA) is 84.5 Å². The van der Waals surface area contributed by atoms with Crippen molar-refractivity contribution in [2.45, 2.75) is 44.9 Å². The van der Waals surface area contributed by atoms with Gasteiger partial charge in [0.05, 0.1) is 17.3 Å². The van der Waals surface area contributed by atoms with Crippen LogP contribution >= 0.6 is 11.6 Å². The number of anilines is 1. The summed E-state index contributed by atoms with van der Waals surface area (Å²) in [7, 11) is -4.01. The summed E-state index contributed by atoms with van der Waals surface area (Å²) >= 11 is 6.20. The average Bonchev–Trinajstić information content (AvgIpc) is 2.78. The largest absolute Gasteiger partial charge is 0.491 e. The lowest BCUT2D eigenvalue weighted by Gasteiger charge is -2.22. The molecule has 3 rings (SSSR count). The molecule has 0 spiro atoms. The molecule has 186 valence electrons. The molecular formula is C27H31ClN2O4S. The number of ether oxygens (including phenoxy) is 1. The number of carbonyl (C=O) groups is 1. The number of amides is 1. The van der Waals surface area contributed by atoms with Gasteiger partial charge in [-0.2, -0.15) is 0 Å². The van der Waals surface area contributed by atoms with E-state index >= 15 is 0 Å². The van der Waals surface area contributed by atoms with Gasteiger partial charge in [-0.25, -0.2) is 8.42 Å². The fourth-order valence-corrected chi connectivity index (χ4v) is 5.18. The van der Waals surface area contributed by atoms with Crippen LogP contribution in [0, 0.1) is 13.8 Å². The van der Waals surface area contributed by atoms with Gasteiger partial charge in [-0.15, -0.1) is 0 Å². The molecule has 0 heterocycles. The summed E-state index contributed by atoms with van der Waals surface area (Å²) in [6.07, 6.45) is 0. The number of nitrogens with one attached hydrogen (secondary N) is 2. The molecule has 0 bridgehead atoms. The molecule has 0 atom stereocenters. The van der Waals surface area contributed by atoms with E-state index in [1.807, 2.05) is 50.2 Å². The SMILES string of the molecule is Cc1ccc(C)c(NS(=O)(=O)c2cc(C(=O)NCCOc3ccccc3C(C)(C)C)ccc2Cl)c1. The predicted molar refractivity (Wildman–Crippen MR) is 141 cm³/mol. The molecule has 0 fully saturated rings. The molecule has 0 aliphatic heterocycles. The lowest BCUT2D eigenvalue weighted by Crippen LogP contribution is -2.28. The van der Waals surface area contributed by atoms with E-state index in [9.17, 15) is 13.2 Å². The smallest absolute Gasteiger partial charge is 0.263 e. The third-order valence-electron chi connectivity index (χ3n) is 5.46. The lowest BCUT2D eigenvalue weighted by atomic mass is 9.86. The van der Waals surface area contributed by atoms with Crippen molar-refractivity contribution in [2.24, 2.45) is 0 Å². The van der Waals surface area contributed by atoms with Crippen molar-refractivity contribution < 1.29 is 17.9 Å². The van der Waals surface area contributed by atoms with Crippen molar-refractivity contribution in [3.05, 3.63) is 87.9 Å². The Kier molecular flexibility index (Phi) is 8.13. The molecule has 0 aromatic heterocycles. The molecule has 0 radical (unpaired) electrons. The summed E-state index contributed by atoms with van der Waals surface area (Å²) in [4.78, 5) is 12.5. The molecule has 0 aliphatic carbocycles. The van der Waals surface area contributed by atoms with E-state index in [1.54, 1.807) is 6.07 Å². The Labute approximate surface area is 212 Å². The first-order valence-corrected chi connectivity index (χ1v) is 13.1. The van der Waals surface area contributed by atoms with Gasteiger partial charge in [-0.05, 0) is 66.3 Å². The molecule has 0 aliphatic rings. The molecule has 0 unspecified atom stereocenters. The first-order chi connectivity index (χ1) is 16.4. The van der Waals surface area contributed by atoms with Crippen LogP contribution in [0.4, 0.5) is 5.69 Å². The number of hydrogen-bond acceptors (Lipinski definition) is 4. The predicted octanol–water partition coefficient (Wildman–Crippen LogP) is 5.86. The number of para-hydroxylation sites is 1.